The summed E-state index contributed by atoms with van der Waals surface area (Å²) in [5, 5.41) is 10.3. The summed E-state index contributed by atoms with van der Waals surface area (Å²) in [5.74, 6) is 0.171. The van der Waals surface area contributed by atoms with Crippen LogP contribution in [0.25, 0.3) is 0 Å². The first-order valence-corrected chi connectivity index (χ1v) is 4.07. The van der Waals surface area contributed by atoms with Gasteiger partial charge in [-0.05, 0) is 18.6 Å². The Morgan fingerprint density at radius 3 is 2.45 bits per heavy atom. The zero-order valence-corrected chi connectivity index (χ0v) is 7.58. The number of hydrogen-bond donors (Lipinski definition) is 1. The molecule has 0 heterocycles. The minimum atomic E-state index is 0.171. The maximum Gasteiger partial charge on any atom is 0.121 e. The molecule has 0 aliphatic rings. The van der Waals surface area contributed by atoms with Crippen LogP contribution in [0.2, 0.25) is 10.0 Å². The second-order valence-corrected chi connectivity index (χ2v) is 3.08. The molecule has 0 aliphatic heterocycles. The fraction of sp³-hybridized carbons (Fsp3) is 0.250. The molecule has 1 N–H and O–H groups in total. The van der Waals surface area contributed by atoms with Crippen LogP contribution in [0, 0.1) is 0 Å². The standard InChI is InChI=1S/C8H8Cl2O/c1-2-6-7(10)3-5(9)4-8(6)11/h3-4,11H,2H2,1H3. The Kier molecular flexibility index (Phi) is 2.63. The molecule has 1 nitrogen and oxygen atoms in total. The molecule has 0 saturated carbocycles. The zero-order valence-electron chi connectivity index (χ0n) is 6.06. The molecular formula is C8H8Cl2O. The van der Waals surface area contributed by atoms with E-state index < -0.39 is 0 Å². The van der Waals surface area contributed by atoms with Crippen molar-refractivity contribution in [2.45, 2.75) is 13.3 Å². The maximum atomic E-state index is 9.30. The van der Waals surface area contributed by atoms with Crippen molar-refractivity contribution in [3.63, 3.8) is 0 Å². The molecule has 0 bridgehead atoms. The lowest BCUT2D eigenvalue weighted by Crippen LogP contribution is -1.83. The molecule has 0 amide bonds. The largest absolute Gasteiger partial charge is 0.508 e. The van der Waals surface area contributed by atoms with E-state index in [-0.39, 0.29) is 5.75 Å². The first-order chi connectivity index (χ1) is 5.15. The predicted octanol–water partition coefficient (Wildman–Crippen LogP) is 3.26. The van der Waals surface area contributed by atoms with E-state index in [1.54, 1.807) is 6.07 Å². The molecule has 1 rings (SSSR count). The third-order valence-electron chi connectivity index (χ3n) is 1.49. The van der Waals surface area contributed by atoms with Gasteiger partial charge in [-0.2, -0.15) is 0 Å². The maximum absolute atomic E-state index is 9.30. The van der Waals surface area contributed by atoms with Gasteiger partial charge in [0, 0.05) is 15.6 Å². The summed E-state index contributed by atoms with van der Waals surface area (Å²) in [4.78, 5) is 0. The molecule has 0 aromatic heterocycles. The highest BCUT2D eigenvalue weighted by Crippen LogP contribution is 2.29. The van der Waals surface area contributed by atoms with E-state index in [2.05, 4.69) is 0 Å². The SMILES string of the molecule is CCc1c(O)cc(Cl)cc1Cl. The summed E-state index contributed by atoms with van der Waals surface area (Å²) in [5.41, 5.74) is 0.746. The molecule has 60 valence electrons. The molecule has 0 radical (unpaired) electrons. The van der Waals surface area contributed by atoms with Crippen molar-refractivity contribution in [3.8, 4) is 5.75 Å². The topological polar surface area (TPSA) is 20.2 Å². The van der Waals surface area contributed by atoms with Crippen LogP contribution in [0.4, 0.5) is 0 Å². The number of aromatic hydroxyl groups is 1. The van der Waals surface area contributed by atoms with Crippen molar-refractivity contribution in [1.82, 2.24) is 0 Å². The molecule has 0 atom stereocenters. The lowest BCUT2D eigenvalue weighted by Gasteiger charge is -2.03. The Hall–Kier alpha value is -0.400. The Morgan fingerprint density at radius 2 is 2.00 bits per heavy atom. The molecule has 1 aromatic rings. The summed E-state index contributed by atoms with van der Waals surface area (Å²) in [6, 6.07) is 3.12. The van der Waals surface area contributed by atoms with Crippen molar-refractivity contribution in [2.24, 2.45) is 0 Å². The number of phenols is 1. The van der Waals surface area contributed by atoms with Gasteiger partial charge in [-0.15, -0.1) is 0 Å². The third-order valence-corrected chi connectivity index (χ3v) is 2.05. The molecule has 1 aromatic carbocycles. The summed E-state index contributed by atoms with van der Waals surface area (Å²) < 4.78 is 0. The average Bonchev–Trinajstić information content (AvgIpc) is 1.85. The second kappa shape index (κ2) is 3.33. The van der Waals surface area contributed by atoms with Crippen LogP contribution in [0.5, 0.6) is 5.75 Å². The van der Waals surface area contributed by atoms with Gasteiger partial charge in [-0.25, -0.2) is 0 Å². The van der Waals surface area contributed by atoms with Gasteiger partial charge >= 0.3 is 0 Å². The van der Waals surface area contributed by atoms with Gasteiger partial charge in [0.05, 0.1) is 0 Å². The summed E-state index contributed by atoms with van der Waals surface area (Å²) >= 11 is 11.4. The van der Waals surface area contributed by atoms with Gasteiger partial charge in [-0.3, -0.25) is 0 Å². The van der Waals surface area contributed by atoms with Crippen LogP contribution in [0.1, 0.15) is 12.5 Å². The summed E-state index contributed by atoms with van der Waals surface area (Å²) in [6.45, 7) is 1.93. The fourth-order valence-electron chi connectivity index (χ4n) is 0.940. The van der Waals surface area contributed by atoms with Crippen LogP contribution >= 0.6 is 23.2 Å². The smallest absolute Gasteiger partial charge is 0.121 e. The Bertz CT molecular complexity index is 248. The van der Waals surface area contributed by atoms with E-state index in [1.165, 1.54) is 6.07 Å². The van der Waals surface area contributed by atoms with E-state index >= 15 is 0 Å². The minimum absolute atomic E-state index is 0.171. The first-order valence-electron chi connectivity index (χ1n) is 3.32. The Balaban J connectivity index is 3.25. The van der Waals surface area contributed by atoms with Gasteiger partial charge in [0.1, 0.15) is 5.75 Å². The minimum Gasteiger partial charge on any atom is -0.508 e. The summed E-state index contributed by atoms with van der Waals surface area (Å²) in [7, 11) is 0. The van der Waals surface area contributed by atoms with Gasteiger partial charge in [-0.1, -0.05) is 30.1 Å². The molecule has 3 heteroatoms. The number of benzene rings is 1. The van der Waals surface area contributed by atoms with E-state index in [0.29, 0.717) is 16.5 Å². The third kappa shape index (κ3) is 1.79. The molecule has 0 fully saturated rings. The molecule has 0 aliphatic carbocycles. The zero-order chi connectivity index (χ0) is 8.43. The Labute approximate surface area is 75.6 Å². The van der Waals surface area contributed by atoms with Gasteiger partial charge in [0.25, 0.3) is 0 Å². The first kappa shape index (κ1) is 8.69. The molecule has 11 heavy (non-hydrogen) atoms. The molecule has 0 unspecified atom stereocenters. The van der Waals surface area contributed by atoms with Crippen LogP contribution in [-0.4, -0.2) is 5.11 Å². The van der Waals surface area contributed by atoms with Crippen molar-refractivity contribution >= 4 is 23.2 Å². The van der Waals surface area contributed by atoms with Gasteiger partial charge in [0.2, 0.25) is 0 Å². The lowest BCUT2D eigenvalue weighted by molar-refractivity contribution is 0.469. The van der Waals surface area contributed by atoms with Crippen LogP contribution in [0.3, 0.4) is 0 Å². The predicted molar refractivity (Wildman–Crippen MR) is 47.5 cm³/mol. The highest BCUT2D eigenvalue weighted by Gasteiger charge is 2.05. The number of rotatable bonds is 1. The highest BCUT2D eigenvalue weighted by molar-refractivity contribution is 6.35. The van der Waals surface area contributed by atoms with Crippen LogP contribution < -0.4 is 0 Å². The van der Waals surface area contributed by atoms with E-state index in [9.17, 15) is 5.11 Å². The van der Waals surface area contributed by atoms with Crippen molar-refractivity contribution in [3.05, 3.63) is 27.7 Å². The molecule has 0 spiro atoms. The lowest BCUT2D eigenvalue weighted by atomic mass is 10.1. The van der Waals surface area contributed by atoms with Crippen molar-refractivity contribution in [2.75, 3.05) is 0 Å². The molecular weight excluding hydrogens is 183 g/mol. The van der Waals surface area contributed by atoms with E-state index in [1.807, 2.05) is 6.92 Å². The van der Waals surface area contributed by atoms with E-state index in [0.717, 1.165) is 5.56 Å². The van der Waals surface area contributed by atoms with Gasteiger partial charge < -0.3 is 5.11 Å². The quantitative estimate of drug-likeness (QED) is 0.722. The van der Waals surface area contributed by atoms with Gasteiger partial charge in [0.15, 0.2) is 0 Å². The Morgan fingerprint density at radius 1 is 1.36 bits per heavy atom. The normalized spacial score (nSPS) is 10.1. The van der Waals surface area contributed by atoms with Crippen molar-refractivity contribution < 1.29 is 5.11 Å². The highest BCUT2D eigenvalue weighted by atomic mass is 35.5. The van der Waals surface area contributed by atoms with E-state index in [4.69, 9.17) is 23.2 Å². The summed E-state index contributed by atoms with van der Waals surface area (Å²) in [6.07, 6.45) is 0.710. The number of halogens is 2. The number of hydrogen-bond acceptors (Lipinski definition) is 1. The fourth-order valence-corrected chi connectivity index (χ4v) is 1.56. The van der Waals surface area contributed by atoms with Crippen LogP contribution in [-0.2, 0) is 6.42 Å². The van der Waals surface area contributed by atoms with Crippen LogP contribution in [0.15, 0.2) is 12.1 Å². The van der Waals surface area contributed by atoms with Crippen molar-refractivity contribution in [1.29, 1.82) is 0 Å². The second-order valence-electron chi connectivity index (χ2n) is 2.24. The average molecular weight is 191 g/mol. The monoisotopic (exact) mass is 190 g/mol. The number of phenolic OH excluding ortho intramolecular Hbond substituents is 1. The molecule has 0 saturated heterocycles.